The summed E-state index contributed by atoms with van der Waals surface area (Å²) in [7, 11) is 1.65. The van der Waals surface area contributed by atoms with Crippen LogP contribution < -0.4 is 10.1 Å². The molecule has 0 saturated heterocycles. The van der Waals surface area contributed by atoms with Gasteiger partial charge in [0.2, 0.25) is 5.91 Å². The van der Waals surface area contributed by atoms with E-state index in [2.05, 4.69) is 20.9 Å². The monoisotopic (exact) mass is 351 g/mol. The van der Waals surface area contributed by atoms with E-state index in [0.29, 0.717) is 13.0 Å². The van der Waals surface area contributed by atoms with E-state index in [4.69, 9.17) is 4.74 Å². The number of benzene rings is 2. The van der Waals surface area contributed by atoms with Crippen LogP contribution in [-0.4, -0.2) is 29.1 Å². The lowest BCUT2D eigenvalue weighted by atomic mass is 10.1. The standard InChI is InChI=1S/C21H25N3O2/c1-16-23-19-6-3-4-7-20(19)24(16)15-5-14-22-21(25)13-10-17-8-11-18(26-2)12-9-17/h3-4,6-9,11-12H,5,10,13-15H2,1-2H3,(H,22,25). The topological polar surface area (TPSA) is 56.1 Å². The number of carbonyl (C=O) groups excluding carboxylic acids is 1. The minimum atomic E-state index is 0.0908. The number of ether oxygens (including phenoxy) is 1. The lowest BCUT2D eigenvalue weighted by molar-refractivity contribution is -0.121. The second-order valence-corrected chi connectivity index (χ2v) is 6.35. The van der Waals surface area contributed by atoms with Crippen molar-refractivity contribution in [2.24, 2.45) is 0 Å². The Balaban J connectivity index is 1.41. The molecule has 0 fully saturated rings. The molecule has 0 atom stereocenters. The number of hydrogen-bond acceptors (Lipinski definition) is 3. The van der Waals surface area contributed by atoms with Crippen LogP contribution in [0.3, 0.4) is 0 Å². The number of aryl methyl sites for hydroxylation is 3. The quantitative estimate of drug-likeness (QED) is 0.632. The Hall–Kier alpha value is -2.82. The van der Waals surface area contributed by atoms with Crippen LogP contribution in [0.4, 0.5) is 0 Å². The molecule has 3 rings (SSSR count). The van der Waals surface area contributed by atoms with Crippen molar-refractivity contribution in [1.82, 2.24) is 14.9 Å². The molecule has 5 nitrogen and oxygen atoms in total. The SMILES string of the molecule is COc1ccc(CCC(=O)NCCCn2c(C)nc3ccccc32)cc1. The molecule has 5 heteroatoms. The highest BCUT2D eigenvalue weighted by Crippen LogP contribution is 2.15. The maximum absolute atomic E-state index is 12.0. The van der Waals surface area contributed by atoms with Crippen LogP contribution in [0.25, 0.3) is 11.0 Å². The summed E-state index contributed by atoms with van der Waals surface area (Å²) >= 11 is 0. The van der Waals surface area contributed by atoms with Gasteiger partial charge in [-0.15, -0.1) is 0 Å². The van der Waals surface area contributed by atoms with Gasteiger partial charge in [0.25, 0.3) is 0 Å². The smallest absolute Gasteiger partial charge is 0.220 e. The van der Waals surface area contributed by atoms with Crippen molar-refractivity contribution < 1.29 is 9.53 Å². The molecule has 1 N–H and O–H groups in total. The van der Waals surface area contributed by atoms with Gasteiger partial charge in [-0.2, -0.15) is 0 Å². The maximum atomic E-state index is 12.0. The predicted octanol–water partition coefficient (Wildman–Crippen LogP) is 3.49. The minimum Gasteiger partial charge on any atom is -0.497 e. The van der Waals surface area contributed by atoms with Gasteiger partial charge in [0.15, 0.2) is 0 Å². The average Bonchev–Trinajstić information content (AvgIpc) is 2.99. The van der Waals surface area contributed by atoms with Crippen molar-refractivity contribution in [2.75, 3.05) is 13.7 Å². The van der Waals surface area contributed by atoms with Crippen LogP contribution in [0.5, 0.6) is 5.75 Å². The molecule has 0 radical (unpaired) electrons. The van der Waals surface area contributed by atoms with Gasteiger partial charge in [0.05, 0.1) is 18.1 Å². The highest BCUT2D eigenvalue weighted by Gasteiger charge is 2.07. The first-order valence-corrected chi connectivity index (χ1v) is 8.99. The molecule has 0 unspecified atom stereocenters. The van der Waals surface area contributed by atoms with E-state index in [-0.39, 0.29) is 5.91 Å². The third-order valence-corrected chi connectivity index (χ3v) is 4.53. The summed E-state index contributed by atoms with van der Waals surface area (Å²) in [6.45, 7) is 3.55. The lowest BCUT2D eigenvalue weighted by Crippen LogP contribution is -2.25. The van der Waals surface area contributed by atoms with Crippen LogP contribution in [0.15, 0.2) is 48.5 Å². The zero-order valence-electron chi connectivity index (χ0n) is 15.4. The number of para-hydroxylation sites is 2. The van der Waals surface area contributed by atoms with E-state index in [9.17, 15) is 4.79 Å². The number of aromatic nitrogens is 2. The van der Waals surface area contributed by atoms with Crippen molar-refractivity contribution in [1.29, 1.82) is 0 Å². The summed E-state index contributed by atoms with van der Waals surface area (Å²) in [5, 5.41) is 3.01. The Morgan fingerprint density at radius 3 is 2.69 bits per heavy atom. The van der Waals surface area contributed by atoms with Crippen molar-refractivity contribution in [3.05, 3.63) is 59.9 Å². The van der Waals surface area contributed by atoms with Gasteiger partial charge in [-0.25, -0.2) is 4.98 Å². The Bertz CT molecular complexity index is 869. The van der Waals surface area contributed by atoms with Crippen molar-refractivity contribution >= 4 is 16.9 Å². The van der Waals surface area contributed by atoms with Gasteiger partial charge in [0, 0.05) is 19.5 Å². The number of imidazole rings is 1. The molecule has 1 amide bonds. The van der Waals surface area contributed by atoms with Crippen LogP contribution >= 0.6 is 0 Å². The summed E-state index contributed by atoms with van der Waals surface area (Å²) in [5.74, 6) is 1.94. The van der Waals surface area contributed by atoms with E-state index >= 15 is 0 Å². The first-order chi connectivity index (χ1) is 12.7. The summed E-state index contributed by atoms with van der Waals surface area (Å²) in [5.41, 5.74) is 3.31. The number of fused-ring (bicyclic) bond motifs is 1. The molecule has 26 heavy (non-hydrogen) atoms. The number of amides is 1. The second kappa shape index (κ2) is 8.52. The molecule has 1 aromatic heterocycles. The van der Waals surface area contributed by atoms with Gasteiger partial charge in [0.1, 0.15) is 11.6 Å². The van der Waals surface area contributed by atoms with E-state index in [0.717, 1.165) is 47.6 Å². The van der Waals surface area contributed by atoms with Gasteiger partial charge < -0.3 is 14.6 Å². The Kier molecular flexibility index (Phi) is 5.89. The fourth-order valence-electron chi connectivity index (χ4n) is 3.08. The van der Waals surface area contributed by atoms with E-state index < -0.39 is 0 Å². The largest absolute Gasteiger partial charge is 0.497 e. The molecule has 0 spiro atoms. The van der Waals surface area contributed by atoms with Gasteiger partial charge in [-0.1, -0.05) is 24.3 Å². The summed E-state index contributed by atoms with van der Waals surface area (Å²) < 4.78 is 7.35. The predicted molar refractivity (Wildman–Crippen MR) is 103 cm³/mol. The highest BCUT2D eigenvalue weighted by atomic mass is 16.5. The summed E-state index contributed by atoms with van der Waals surface area (Å²) in [6.07, 6.45) is 2.12. The normalized spacial score (nSPS) is 10.8. The number of carbonyl (C=O) groups is 1. The first-order valence-electron chi connectivity index (χ1n) is 8.99. The fraction of sp³-hybridized carbons (Fsp3) is 0.333. The number of hydrogen-bond donors (Lipinski definition) is 1. The zero-order chi connectivity index (χ0) is 18.4. The van der Waals surface area contributed by atoms with E-state index in [1.807, 2.05) is 49.4 Å². The number of rotatable bonds is 8. The number of methoxy groups -OCH3 is 1. The Morgan fingerprint density at radius 2 is 1.92 bits per heavy atom. The molecular formula is C21H25N3O2. The van der Waals surface area contributed by atoms with Gasteiger partial charge >= 0.3 is 0 Å². The van der Waals surface area contributed by atoms with Crippen molar-refractivity contribution in [2.45, 2.75) is 32.7 Å². The molecule has 2 aromatic carbocycles. The summed E-state index contributed by atoms with van der Waals surface area (Å²) in [6, 6.07) is 16.0. The van der Waals surface area contributed by atoms with Crippen molar-refractivity contribution in [3.8, 4) is 5.75 Å². The molecule has 136 valence electrons. The Labute approximate surface area is 154 Å². The molecule has 0 aliphatic carbocycles. The number of nitrogens with zero attached hydrogens (tertiary/aromatic N) is 2. The molecule has 0 bridgehead atoms. The average molecular weight is 351 g/mol. The molecule has 0 aliphatic heterocycles. The van der Waals surface area contributed by atoms with Crippen LogP contribution in [0.2, 0.25) is 0 Å². The van der Waals surface area contributed by atoms with Crippen LogP contribution in [0, 0.1) is 6.92 Å². The second-order valence-electron chi connectivity index (χ2n) is 6.35. The highest BCUT2D eigenvalue weighted by molar-refractivity contribution is 5.76. The van der Waals surface area contributed by atoms with E-state index in [1.165, 1.54) is 0 Å². The van der Waals surface area contributed by atoms with Gasteiger partial charge in [-0.05, 0) is 49.6 Å². The molecule has 1 heterocycles. The minimum absolute atomic E-state index is 0.0908. The summed E-state index contributed by atoms with van der Waals surface area (Å²) in [4.78, 5) is 16.6. The molecular weight excluding hydrogens is 326 g/mol. The third kappa shape index (κ3) is 4.42. The first kappa shape index (κ1) is 18.0. The molecule has 0 saturated carbocycles. The van der Waals surface area contributed by atoms with Crippen LogP contribution in [0.1, 0.15) is 24.2 Å². The molecule has 0 aliphatic rings. The zero-order valence-corrected chi connectivity index (χ0v) is 15.4. The number of nitrogens with one attached hydrogen (secondary N) is 1. The van der Waals surface area contributed by atoms with Gasteiger partial charge in [-0.3, -0.25) is 4.79 Å². The fourth-order valence-corrected chi connectivity index (χ4v) is 3.08. The lowest BCUT2D eigenvalue weighted by Gasteiger charge is -2.08. The maximum Gasteiger partial charge on any atom is 0.220 e. The molecule has 3 aromatic rings. The Morgan fingerprint density at radius 1 is 1.15 bits per heavy atom. The van der Waals surface area contributed by atoms with Crippen LogP contribution in [-0.2, 0) is 17.8 Å². The van der Waals surface area contributed by atoms with Crippen molar-refractivity contribution in [3.63, 3.8) is 0 Å². The van der Waals surface area contributed by atoms with E-state index in [1.54, 1.807) is 7.11 Å². The third-order valence-electron chi connectivity index (χ3n) is 4.53.